The molecule has 0 radical (unpaired) electrons. The molecule has 0 bridgehead atoms. The van der Waals surface area contributed by atoms with Crippen molar-refractivity contribution < 1.29 is 9.53 Å². The van der Waals surface area contributed by atoms with Crippen molar-refractivity contribution in [2.75, 3.05) is 0 Å². The first-order chi connectivity index (χ1) is 10.7. The molecule has 4 heterocycles. The van der Waals surface area contributed by atoms with E-state index in [1.54, 1.807) is 42.9 Å². The number of fused-ring (bicyclic) bond motifs is 2. The number of nitrogens with zero attached hydrogens (tertiary/aromatic N) is 3. The molecule has 6 heteroatoms. The lowest BCUT2D eigenvalue weighted by Gasteiger charge is -2.23. The molecular weight excluding hydrogens is 282 g/mol. The molecule has 0 saturated heterocycles. The quantitative estimate of drug-likeness (QED) is 0.636. The molecular formula is C16H11N3O3. The van der Waals surface area contributed by atoms with Crippen LogP contribution in [0.15, 0.2) is 53.7 Å². The van der Waals surface area contributed by atoms with Crippen LogP contribution in [0.1, 0.15) is 23.5 Å². The summed E-state index contributed by atoms with van der Waals surface area (Å²) in [7, 11) is 0. The van der Waals surface area contributed by atoms with Crippen molar-refractivity contribution in [3.05, 3.63) is 70.4 Å². The maximum Gasteiger partial charge on any atom is 0.313 e. The number of esters is 1. The molecule has 4 rings (SSSR count). The molecule has 0 aliphatic carbocycles. The normalized spacial score (nSPS) is 17.1. The van der Waals surface area contributed by atoms with Gasteiger partial charge in [-0.1, -0.05) is 12.1 Å². The van der Waals surface area contributed by atoms with Crippen molar-refractivity contribution >= 4 is 11.6 Å². The van der Waals surface area contributed by atoms with Crippen LogP contribution in [0, 0.1) is 0 Å². The fourth-order valence-corrected chi connectivity index (χ4v) is 2.74. The molecule has 22 heavy (non-hydrogen) atoms. The van der Waals surface area contributed by atoms with E-state index in [0.717, 1.165) is 5.56 Å². The highest BCUT2D eigenvalue weighted by molar-refractivity contribution is 5.77. The summed E-state index contributed by atoms with van der Waals surface area (Å²) in [5.41, 5.74) is 1.43. The van der Waals surface area contributed by atoms with Crippen LogP contribution in [0.25, 0.3) is 5.65 Å². The van der Waals surface area contributed by atoms with Crippen molar-refractivity contribution in [2.45, 2.75) is 12.3 Å². The number of rotatable bonds is 1. The molecule has 3 aromatic rings. The Hall–Kier alpha value is -3.02. The van der Waals surface area contributed by atoms with E-state index in [4.69, 9.17) is 4.74 Å². The highest BCUT2D eigenvalue weighted by Gasteiger charge is 2.33. The van der Waals surface area contributed by atoms with Crippen LogP contribution in [0.3, 0.4) is 0 Å². The van der Waals surface area contributed by atoms with Gasteiger partial charge in [0.15, 0.2) is 0 Å². The largest absolute Gasteiger partial charge is 0.407 e. The predicted molar refractivity (Wildman–Crippen MR) is 77.8 cm³/mol. The third-order valence-electron chi connectivity index (χ3n) is 3.75. The second kappa shape index (κ2) is 4.77. The van der Waals surface area contributed by atoms with E-state index in [2.05, 4.69) is 9.97 Å². The fourth-order valence-electron chi connectivity index (χ4n) is 2.74. The summed E-state index contributed by atoms with van der Waals surface area (Å²) in [5.74, 6) is -0.683. The van der Waals surface area contributed by atoms with Gasteiger partial charge in [-0.25, -0.2) is 0 Å². The van der Waals surface area contributed by atoms with Gasteiger partial charge in [0.25, 0.3) is 5.56 Å². The van der Waals surface area contributed by atoms with E-state index >= 15 is 0 Å². The summed E-state index contributed by atoms with van der Waals surface area (Å²) < 4.78 is 6.65. The summed E-state index contributed by atoms with van der Waals surface area (Å²) >= 11 is 0. The molecule has 0 N–H and O–H groups in total. The third kappa shape index (κ3) is 1.88. The van der Waals surface area contributed by atoms with Crippen LogP contribution < -0.4 is 10.3 Å². The van der Waals surface area contributed by atoms with Gasteiger partial charge in [0, 0.05) is 24.5 Å². The first-order valence-corrected chi connectivity index (χ1v) is 6.86. The van der Waals surface area contributed by atoms with Crippen LogP contribution in [0.4, 0.5) is 0 Å². The monoisotopic (exact) mass is 293 g/mol. The Balaban J connectivity index is 2.02. The Morgan fingerprint density at radius 1 is 1.18 bits per heavy atom. The van der Waals surface area contributed by atoms with E-state index in [9.17, 15) is 9.59 Å². The summed E-state index contributed by atoms with van der Waals surface area (Å²) in [6.07, 6.45) is 5.07. The maximum atomic E-state index is 12.8. The second-order valence-corrected chi connectivity index (χ2v) is 5.08. The van der Waals surface area contributed by atoms with Crippen molar-refractivity contribution in [3.63, 3.8) is 0 Å². The number of ether oxygens (including phenoxy) is 1. The zero-order valence-corrected chi connectivity index (χ0v) is 11.5. The molecule has 6 nitrogen and oxygen atoms in total. The number of aromatic nitrogens is 3. The van der Waals surface area contributed by atoms with Gasteiger partial charge in [-0.05, 0) is 23.8 Å². The van der Waals surface area contributed by atoms with Gasteiger partial charge in [0.1, 0.15) is 5.65 Å². The highest BCUT2D eigenvalue weighted by Crippen LogP contribution is 2.35. The highest BCUT2D eigenvalue weighted by atomic mass is 16.5. The topological polar surface area (TPSA) is 73.6 Å². The first kappa shape index (κ1) is 12.7. The van der Waals surface area contributed by atoms with Gasteiger partial charge >= 0.3 is 5.97 Å². The number of carbonyl (C=O) groups is 1. The molecule has 1 unspecified atom stereocenters. The Labute approximate surface area is 125 Å². The van der Waals surface area contributed by atoms with E-state index in [-0.39, 0.29) is 23.8 Å². The molecule has 1 aliphatic heterocycles. The van der Waals surface area contributed by atoms with Crippen LogP contribution in [-0.4, -0.2) is 20.3 Å². The summed E-state index contributed by atoms with van der Waals surface area (Å²) in [4.78, 5) is 33.0. The van der Waals surface area contributed by atoms with Gasteiger partial charge in [-0.2, -0.15) is 4.98 Å². The van der Waals surface area contributed by atoms with Crippen molar-refractivity contribution in [2.24, 2.45) is 0 Å². The smallest absolute Gasteiger partial charge is 0.313 e. The number of carbonyl (C=O) groups excluding carboxylic acids is 1. The Kier molecular flexibility index (Phi) is 2.75. The van der Waals surface area contributed by atoms with E-state index in [0.29, 0.717) is 11.2 Å². The summed E-state index contributed by atoms with van der Waals surface area (Å²) in [6.45, 7) is 0. The fraction of sp³-hybridized carbons (Fsp3) is 0.125. The van der Waals surface area contributed by atoms with Crippen molar-refractivity contribution in [1.29, 1.82) is 0 Å². The van der Waals surface area contributed by atoms with Crippen LogP contribution >= 0.6 is 0 Å². The molecule has 108 valence electrons. The molecule has 0 aromatic carbocycles. The lowest BCUT2D eigenvalue weighted by Crippen LogP contribution is -2.31. The van der Waals surface area contributed by atoms with Crippen molar-refractivity contribution in [3.8, 4) is 5.88 Å². The minimum Gasteiger partial charge on any atom is -0.407 e. The number of hydrogen-bond acceptors (Lipinski definition) is 5. The molecule has 1 atom stereocenters. The zero-order chi connectivity index (χ0) is 15.1. The van der Waals surface area contributed by atoms with Crippen LogP contribution in [0.5, 0.6) is 5.88 Å². The van der Waals surface area contributed by atoms with Crippen molar-refractivity contribution in [1.82, 2.24) is 14.4 Å². The van der Waals surface area contributed by atoms with Gasteiger partial charge < -0.3 is 4.74 Å². The first-order valence-electron chi connectivity index (χ1n) is 6.86. The standard InChI is InChI=1S/C16H11N3O3/c20-13-8-11(10-4-3-6-17-9-10)14-15(22-13)18-12-5-1-2-7-19(12)16(14)21/h1-7,9,11H,8H2. The molecule has 0 spiro atoms. The van der Waals surface area contributed by atoms with E-state index < -0.39 is 5.97 Å². The minimum absolute atomic E-state index is 0.0984. The van der Waals surface area contributed by atoms with E-state index in [1.807, 2.05) is 6.07 Å². The van der Waals surface area contributed by atoms with E-state index in [1.165, 1.54) is 4.40 Å². The average Bonchev–Trinajstić information content (AvgIpc) is 2.55. The summed E-state index contributed by atoms with van der Waals surface area (Å²) in [5, 5.41) is 0. The Morgan fingerprint density at radius 2 is 2.09 bits per heavy atom. The molecule has 0 saturated carbocycles. The number of hydrogen-bond donors (Lipinski definition) is 0. The van der Waals surface area contributed by atoms with Gasteiger partial charge in [0.05, 0.1) is 12.0 Å². The lowest BCUT2D eigenvalue weighted by molar-refractivity contribution is -0.135. The average molecular weight is 293 g/mol. The van der Waals surface area contributed by atoms with Crippen LogP contribution in [0.2, 0.25) is 0 Å². The molecule has 1 aliphatic rings. The second-order valence-electron chi connectivity index (χ2n) is 5.08. The third-order valence-corrected chi connectivity index (χ3v) is 3.75. The molecule has 0 fully saturated rings. The van der Waals surface area contributed by atoms with Crippen LogP contribution in [-0.2, 0) is 4.79 Å². The van der Waals surface area contributed by atoms with Gasteiger partial charge in [-0.15, -0.1) is 0 Å². The summed E-state index contributed by atoms with van der Waals surface area (Å²) in [6, 6.07) is 8.86. The number of pyridine rings is 2. The molecule has 3 aromatic heterocycles. The SMILES string of the molecule is O=C1CC(c2cccnc2)c2c(nc3ccccn3c2=O)O1. The lowest BCUT2D eigenvalue weighted by atomic mass is 9.89. The van der Waals surface area contributed by atoms with Gasteiger partial charge in [0.2, 0.25) is 5.88 Å². The maximum absolute atomic E-state index is 12.8. The zero-order valence-electron chi connectivity index (χ0n) is 11.5. The predicted octanol–water partition coefficient (Wildman–Crippen LogP) is 1.53. The molecule has 0 amide bonds. The van der Waals surface area contributed by atoms with Gasteiger partial charge in [-0.3, -0.25) is 19.0 Å². The Bertz CT molecular complexity index is 934. The minimum atomic E-state index is -0.395. The Morgan fingerprint density at radius 3 is 2.91 bits per heavy atom.